The van der Waals surface area contributed by atoms with Crippen LogP contribution in [0.25, 0.3) is 0 Å². The molecular formula is C10H9NO3. The van der Waals surface area contributed by atoms with Gasteiger partial charge in [-0.05, 0) is 23.8 Å². The first kappa shape index (κ1) is 8.62. The molecule has 0 aliphatic rings. The fraction of sp³-hybridized carbons (Fsp3) is 0.100. The summed E-state index contributed by atoms with van der Waals surface area (Å²) in [7, 11) is 0. The summed E-state index contributed by atoms with van der Waals surface area (Å²) in [5.41, 5.74) is 0.953. The fourth-order valence-electron chi connectivity index (χ4n) is 1.35. The van der Waals surface area contributed by atoms with Crippen molar-refractivity contribution >= 4 is 5.97 Å². The number of hydrogen-bond acceptors (Lipinski definition) is 2. The van der Waals surface area contributed by atoms with Crippen LogP contribution in [0.2, 0.25) is 0 Å². The first-order valence-corrected chi connectivity index (χ1v) is 4.19. The second kappa shape index (κ2) is 3.41. The zero-order valence-electron chi connectivity index (χ0n) is 7.36. The van der Waals surface area contributed by atoms with Crippen LogP contribution < -0.4 is 0 Å². The van der Waals surface area contributed by atoms with Crippen molar-refractivity contribution in [2.45, 2.75) is 6.42 Å². The van der Waals surface area contributed by atoms with Gasteiger partial charge in [-0.3, -0.25) is 0 Å². The van der Waals surface area contributed by atoms with Crippen LogP contribution in [0.5, 0.6) is 0 Å². The van der Waals surface area contributed by atoms with Crippen LogP contribution in [-0.2, 0) is 6.42 Å². The van der Waals surface area contributed by atoms with E-state index in [1.807, 2.05) is 6.07 Å². The van der Waals surface area contributed by atoms with E-state index in [1.54, 1.807) is 24.6 Å². The molecule has 0 radical (unpaired) electrons. The zero-order valence-corrected chi connectivity index (χ0v) is 7.36. The topological polar surface area (TPSA) is 66.2 Å². The second-order valence-electron chi connectivity index (χ2n) is 2.94. The quantitative estimate of drug-likeness (QED) is 0.778. The summed E-state index contributed by atoms with van der Waals surface area (Å²) in [6, 6.07) is 5.34. The lowest BCUT2D eigenvalue weighted by Gasteiger charge is -1.96. The summed E-state index contributed by atoms with van der Waals surface area (Å²) < 4.78 is 5.13. The molecule has 0 aliphatic heterocycles. The molecule has 0 bridgehead atoms. The van der Waals surface area contributed by atoms with Crippen molar-refractivity contribution in [2.75, 3.05) is 0 Å². The average molecular weight is 191 g/mol. The zero-order chi connectivity index (χ0) is 9.97. The van der Waals surface area contributed by atoms with E-state index in [-0.39, 0.29) is 5.69 Å². The lowest BCUT2D eigenvalue weighted by molar-refractivity contribution is 0.0690. The minimum absolute atomic E-state index is 0.224. The number of carbonyl (C=O) groups is 1. The number of nitrogens with one attached hydrogen (secondary N) is 1. The smallest absolute Gasteiger partial charge is 0.352 e. The van der Waals surface area contributed by atoms with Gasteiger partial charge in [-0.1, -0.05) is 0 Å². The maximum absolute atomic E-state index is 10.7. The Balaban J connectivity index is 2.25. The standard InChI is InChI=1S/C10H9NO3/c12-10(13)9-7(3-4-11-9)6-8-2-1-5-14-8/h1-5,11H,6H2,(H,12,13). The number of H-pyrrole nitrogens is 1. The van der Waals surface area contributed by atoms with Crippen molar-refractivity contribution in [3.05, 3.63) is 47.7 Å². The SMILES string of the molecule is O=C(O)c1[nH]ccc1Cc1ccco1. The van der Waals surface area contributed by atoms with Crippen LogP contribution in [0.15, 0.2) is 35.1 Å². The van der Waals surface area contributed by atoms with Crippen LogP contribution in [0, 0.1) is 0 Å². The van der Waals surface area contributed by atoms with Crippen molar-refractivity contribution in [3.8, 4) is 0 Å². The molecule has 0 atom stereocenters. The molecule has 0 amide bonds. The molecule has 0 aromatic carbocycles. The first-order valence-electron chi connectivity index (χ1n) is 4.19. The molecule has 2 N–H and O–H groups in total. The van der Waals surface area contributed by atoms with Crippen LogP contribution in [0.4, 0.5) is 0 Å². The normalized spacial score (nSPS) is 10.3. The minimum Gasteiger partial charge on any atom is -0.477 e. The summed E-state index contributed by atoms with van der Waals surface area (Å²) in [6.45, 7) is 0. The Morgan fingerprint density at radius 3 is 3.00 bits per heavy atom. The summed E-state index contributed by atoms with van der Waals surface area (Å²) in [5.74, 6) is -0.191. The number of aromatic nitrogens is 1. The molecule has 0 saturated heterocycles. The predicted molar refractivity (Wildman–Crippen MR) is 49.3 cm³/mol. The molecule has 4 heteroatoms. The maximum Gasteiger partial charge on any atom is 0.352 e. The second-order valence-corrected chi connectivity index (χ2v) is 2.94. The lowest BCUT2D eigenvalue weighted by Crippen LogP contribution is -2.01. The molecule has 4 nitrogen and oxygen atoms in total. The Bertz CT molecular complexity index is 428. The highest BCUT2D eigenvalue weighted by Gasteiger charge is 2.11. The third-order valence-corrected chi connectivity index (χ3v) is 1.99. The van der Waals surface area contributed by atoms with Crippen molar-refractivity contribution < 1.29 is 14.3 Å². The van der Waals surface area contributed by atoms with Gasteiger partial charge in [0.05, 0.1) is 6.26 Å². The van der Waals surface area contributed by atoms with E-state index in [1.165, 1.54) is 0 Å². The molecule has 2 heterocycles. The highest BCUT2D eigenvalue weighted by Crippen LogP contribution is 2.13. The molecule has 2 aromatic heterocycles. The number of hydrogen-bond donors (Lipinski definition) is 2. The molecule has 0 saturated carbocycles. The molecule has 0 fully saturated rings. The third-order valence-electron chi connectivity index (χ3n) is 1.99. The Hall–Kier alpha value is -1.97. The Kier molecular flexibility index (Phi) is 2.10. The van der Waals surface area contributed by atoms with E-state index in [4.69, 9.17) is 9.52 Å². The highest BCUT2D eigenvalue weighted by atomic mass is 16.4. The summed E-state index contributed by atoms with van der Waals surface area (Å²) in [5, 5.41) is 8.82. The number of carboxylic acids is 1. The average Bonchev–Trinajstić information content (AvgIpc) is 2.75. The molecule has 2 rings (SSSR count). The van der Waals surface area contributed by atoms with Gasteiger partial charge in [-0.25, -0.2) is 4.79 Å². The van der Waals surface area contributed by atoms with E-state index >= 15 is 0 Å². The van der Waals surface area contributed by atoms with Crippen LogP contribution in [-0.4, -0.2) is 16.1 Å². The molecule has 2 aromatic rings. The van der Waals surface area contributed by atoms with Gasteiger partial charge in [0.15, 0.2) is 0 Å². The molecule has 14 heavy (non-hydrogen) atoms. The van der Waals surface area contributed by atoms with Crippen molar-refractivity contribution in [2.24, 2.45) is 0 Å². The molecule has 72 valence electrons. The van der Waals surface area contributed by atoms with Gasteiger partial charge in [0.25, 0.3) is 0 Å². The Morgan fingerprint density at radius 2 is 2.36 bits per heavy atom. The summed E-state index contributed by atoms with van der Waals surface area (Å²) >= 11 is 0. The van der Waals surface area contributed by atoms with E-state index in [2.05, 4.69) is 4.98 Å². The Labute approximate surface area is 80.2 Å². The number of furan rings is 1. The van der Waals surface area contributed by atoms with Crippen LogP contribution in [0.3, 0.4) is 0 Å². The van der Waals surface area contributed by atoms with Crippen LogP contribution >= 0.6 is 0 Å². The molecular weight excluding hydrogens is 182 g/mol. The van der Waals surface area contributed by atoms with Gasteiger partial charge in [0.1, 0.15) is 11.5 Å². The van der Waals surface area contributed by atoms with Gasteiger partial charge in [0.2, 0.25) is 0 Å². The van der Waals surface area contributed by atoms with Gasteiger partial charge in [-0.15, -0.1) is 0 Å². The van der Waals surface area contributed by atoms with Gasteiger partial charge in [-0.2, -0.15) is 0 Å². The lowest BCUT2D eigenvalue weighted by atomic mass is 10.1. The van der Waals surface area contributed by atoms with E-state index in [9.17, 15) is 4.79 Å². The van der Waals surface area contributed by atoms with E-state index < -0.39 is 5.97 Å². The summed E-state index contributed by atoms with van der Waals surface area (Å²) in [6.07, 6.45) is 3.68. The summed E-state index contributed by atoms with van der Waals surface area (Å²) in [4.78, 5) is 13.4. The van der Waals surface area contributed by atoms with Gasteiger partial charge in [0, 0.05) is 12.6 Å². The molecule has 0 spiro atoms. The minimum atomic E-state index is -0.948. The monoisotopic (exact) mass is 191 g/mol. The maximum atomic E-state index is 10.7. The van der Waals surface area contributed by atoms with Gasteiger partial charge < -0.3 is 14.5 Å². The largest absolute Gasteiger partial charge is 0.477 e. The van der Waals surface area contributed by atoms with Crippen molar-refractivity contribution in [1.29, 1.82) is 0 Å². The number of aromatic carboxylic acids is 1. The number of aromatic amines is 1. The van der Waals surface area contributed by atoms with E-state index in [0.29, 0.717) is 6.42 Å². The van der Waals surface area contributed by atoms with E-state index in [0.717, 1.165) is 11.3 Å². The molecule has 0 aliphatic carbocycles. The molecule has 0 unspecified atom stereocenters. The highest BCUT2D eigenvalue weighted by molar-refractivity contribution is 5.87. The number of carboxylic acid groups (broad SMARTS) is 1. The van der Waals surface area contributed by atoms with Crippen LogP contribution in [0.1, 0.15) is 21.8 Å². The number of rotatable bonds is 3. The van der Waals surface area contributed by atoms with Gasteiger partial charge >= 0.3 is 5.97 Å². The first-order chi connectivity index (χ1) is 6.77. The van der Waals surface area contributed by atoms with Crippen molar-refractivity contribution in [3.63, 3.8) is 0 Å². The predicted octanol–water partition coefficient (Wildman–Crippen LogP) is 1.90. The third kappa shape index (κ3) is 1.54. The fourth-order valence-corrected chi connectivity index (χ4v) is 1.35. The Morgan fingerprint density at radius 1 is 1.50 bits per heavy atom. The van der Waals surface area contributed by atoms with Crippen molar-refractivity contribution in [1.82, 2.24) is 4.98 Å².